The number of benzene rings is 3. The lowest BCUT2D eigenvalue weighted by atomic mass is 9.88. The van der Waals surface area contributed by atoms with E-state index in [2.05, 4.69) is 21.0 Å². The van der Waals surface area contributed by atoms with Gasteiger partial charge in [0.1, 0.15) is 12.4 Å². The van der Waals surface area contributed by atoms with E-state index in [1.165, 1.54) is 11.1 Å². The van der Waals surface area contributed by atoms with Gasteiger partial charge in [0.25, 0.3) is 5.56 Å². The number of rotatable bonds is 6. The zero-order valence-corrected chi connectivity index (χ0v) is 21.5. The molecule has 178 valence electrons. The molecule has 1 fully saturated rings. The average Bonchev–Trinajstić information content (AvgIpc) is 2.89. The Hall–Kier alpha value is -2.96. The summed E-state index contributed by atoms with van der Waals surface area (Å²) in [5.41, 5.74) is 2.37. The van der Waals surface area contributed by atoms with Crippen molar-refractivity contribution in [3.63, 3.8) is 0 Å². The molecule has 1 aliphatic rings. The Kier molecular flexibility index (Phi) is 7.30. The summed E-state index contributed by atoms with van der Waals surface area (Å²) in [5.74, 6) is 1.53. The van der Waals surface area contributed by atoms with Crippen molar-refractivity contribution >= 4 is 44.6 Å². The van der Waals surface area contributed by atoms with Gasteiger partial charge in [-0.2, -0.15) is 9.78 Å². The zero-order chi connectivity index (χ0) is 24.2. The normalized spacial score (nSPS) is 14.6. The standard InChI is InChI=1S/C28H25BrClN3O2/c29-23-15-20(16-24(30)26(23)35-18-19-9-3-1-4-10-19)17-31-33-27(21-11-5-2-6-12-21)32-25-14-8-7-13-22(25)28(33)34/h1,3-4,7-10,13-17,21H,2,5-6,11-12,18H2. The first-order chi connectivity index (χ1) is 17.1. The first-order valence-corrected chi connectivity index (χ1v) is 13.0. The van der Waals surface area contributed by atoms with Crippen LogP contribution in [0.3, 0.4) is 0 Å². The lowest BCUT2D eigenvalue weighted by Gasteiger charge is -2.22. The molecule has 1 aliphatic carbocycles. The minimum Gasteiger partial charge on any atom is -0.486 e. The van der Waals surface area contributed by atoms with Crippen molar-refractivity contribution in [1.82, 2.24) is 9.66 Å². The van der Waals surface area contributed by atoms with Crippen LogP contribution in [-0.2, 0) is 6.61 Å². The Labute approximate surface area is 217 Å². The fraction of sp³-hybridized carbons (Fsp3) is 0.250. The average molecular weight is 551 g/mol. The third-order valence-corrected chi connectivity index (χ3v) is 7.19. The second kappa shape index (κ2) is 10.8. The summed E-state index contributed by atoms with van der Waals surface area (Å²) in [7, 11) is 0. The molecular weight excluding hydrogens is 526 g/mol. The smallest absolute Gasteiger partial charge is 0.282 e. The number of hydrogen-bond donors (Lipinski definition) is 0. The number of nitrogens with zero attached hydrogens (tertiary/aromatic N) is 3. The topological polar surface area (TPSA) is 56.5 Å². The van der Waals surface area contributed by atoms with Gasteiger partial charge in [0.15, 0.2) is 5.75 Å². The lowest BCUT2D eigenvalue weighted by molar-refractivity contribution is 0.304. The zero-order valence-electron chi connectivity index (χ0n) is 19.2. The number of ether oxygens (including phenoxy) is 1. The Bertz CT molecular complexity index is 1410. The molecule has 0 saturated heterocycles. The van der Waals surface area contributed by atoms with Crippen molar-refractivity contribution in [2.45, 2.75) is 44.6 Å². The highest BCUT2D eigenvalue weighted by atomic mass is 79.9. The predicted molar refractivity (Wildman–Crippen MR) is 145 cm³/mol. The van der Waals surface area contributed by atoms with E-state index in [1.807, 2.05) is 54.6 Å². The lowest BCUT2D eigenvalue weighted by Crippen LogP contribution is -2.25. The molecule has 0 amide bonds. The molecule has 1 heterocycles. The number of fused-ring (bicyclic) bond motifs is 1. The Morgan fingerprint density at radius 2 is 1.80 bits per heavy atom. The van der Waals surface area contributed by atoms with Crippen LogP contribution in [0.25, 0.3) is 10.9 Å². The molecule has 0 radical (unpaired) electrons. The van der Waals surface area contributed by atoms with Gasteiger partial charge in [0, 0.05) is 5.92 Å². The van der Waals surface area contributed by atoms with E-state index in [0.717, 1.165) is 52.6 Å². The fourth-order valence-corrected chi connectivity index (χ4v) is 5.51. The van der Waals surface area contributed by atoms with Gasteiger partial charge in [-0.3, -0.25) is 4.79 Å². The van der Waals surface area contributed by atoms with Crippen molar-refractivity contribution in [1.29, 1.82) is 0 Å². The maximum atomic E-state index is 13.4. The minimum atomic E-state index is -0.152. The van der Waals surface area contributed by atoms with Crippen molar-refractivity contribution in [3.8, 4) is 5.75 Å². The van der Waals surface area contributed by atoms with Gasteiger partial charge in [-0.15, -0.1) is 0 Å². The molecule has 1 aromatic heterocycles. The Balaban J connectivity index is 1.47. The maximum Gasteiger partial charge on any atom is 0.282 e. The number of para-hydroxylation sites is 1. The number of halogens is 2. The van der Waals surface area contributed by atoms with Crippen LogP contribution < -0.4 is 10.3 Å². The van der Waals surface area contributed by atoms with Crippen LogP contribution in [0.15, 0.2) is 81.1 Å². The number of hydrogen-bond acceptors (Lipinski definition) is 4. The molecule has 3 aromatic carbocycles. The first-order valence-electron chi connectivity index (χ1n) is 11.8. The fourth-order valence-electron chi connectivity index (χ4n) is 4.52. The van der Waals surface area contributed by atoms with Crippen molar-refractivity contribution in [3.05, 3.63) is 104 Å². The molecule has 0 aliphatic heterocycles. The summed E-state index contributed by atoms with van der Waals surface area (Å²) in [6.45, 7) is 0.412. The van der Waals surface area contributed by atoms with Gasteiger partial charge in [-0.25, -0.2) is 4.98 Å². The van der Waals surface area contributed by atoms with Crippen LogP contribution in [0.5, 0.6) is 5.75 Å². The molecule has 4 aromatic rings. The summed E-state index contributed by atoms with van der Waals surface area (Å²) >= 11 is 10.1. The van der Waals surface area contributed by atoms with Crippen LogP contribution in [0.1, 0.15) is 55.0 Å². The summed E-state index contributed by atoms with van der Waals surface area (Å²) < 4.78 is 8.14. The van der Waals surface area contributed by atoms with E-state index in [4.69, 9.17) is 21.3 Å². The highest BCUT2D eigenvalue weighted by Crippen LogP contribution is 2.35. The van der Waals surface area contributed by atoms with Gasteiger partial charge in [0.05, 0.1) is 26.6 Å². The van der Waals surface area contributed by atoms with Crippen LogP contribution in [0.2, 0.25) is 5.02 Å². The van der Waals surface area contributed by atoms with Gasteiger partial charge in [0.2, 0.25) is 0 Å². The minimum absolute atomic E-state index is 0.152. The monoisotopic (exact) mass is 549 g/mol. The van der Waals surface area contributed by atoms with Crippen molar-refractivity contribution < 1.29 is 4.74 Å². The van der Waals surface area contributed by atoms with E-state index in [9.17, 15) is 4.79 Å². The molecule has 0 atom stereocenters. The molecule has 35 heavy (non-hydrogen) atoms. The Morgan fingerprint density at radius 1 is 1.06 bits per heavy atom. The molecule has 0 bridgehead atoms. The molecule has 0 N–H and O–H groups in total. The van der Waals surface area contributed by atoms with E-state index in [-0.39, 0.29) is 11.5 Å². The van der Waals surface area contributed by atoms with Gasteiger partial charge in [-0.1, -0.05) is 73.3 Å². The molecule has 1 saturated carbocycles. The third kappa shape index (κ3) is 5.34. The number of aromatic nitrogens is 2. The molecule has 7 heteroatoms. The maximum absolute atomic E-state index is 13.4. The molecular formula is C28H25BrClN3O2. The predicted octanol–water partition coefficient (Wildman–Crippen LogP) is 7.32. The van der Waals surface area contributed by atoms with Gasteiger partial charge in [-0.05, 0) is 64.2 Å². The van der Waals surface area contributed by atoms with Gasteiger partial charge >= 0.3 is 0 Å². The molecule has 0 spiro atoms. The molecule has 0 unspecified atom stereocenters. The van der Waals surface area contributed by atoms with E-state index >= 15 is 0 Å². The molecule has 5 rings (SSSR count). The van der Waals surface area contributed by atoms with Crippen LogP contribution in [0, 0.1) is 0 Å². The van der Waals surface area contributed by atoms with E-state index in [0.29, 0.717) is 22.8 Å². The summed E-state index contributed by atoms with van der Waals surface area (Å²) in [6, 6.07) is 21.0. The molecule has 5 nitrogen and oxygen atoms in total. The second-order valence-electron chi connectivity index (χ2n) is 8.77. The first kappa shape index (κ1) is 23.8. The SMILES string of the molecule is O=c1c2ccccc2nc(C2CCCCC2)n1N=Cc1cc(Cl)c(OCc2ccccc2)c(Br)c1. The highest BCUT2D eigenvalue weighted by molar-refractivity contribution is 9.10. The van der Waals surface area contributed by atoms with Gasteiger partial charge < -0.3 is 4.74 Å². The van der Waals surface area contributed by atoms with Crippen LogP contribution >= 0.6 is 27.5 Å². The summed E-state index contributed by atoms with van der Waals surface area (Å²) in [5, 5.41) is 5.63. The third-order valence-electron chi connectivity index (χ3n) is 6.32. The van der Waals surface area contributed by atoms with Crippen molar-refractivity contribution in [2.75, 3.05) is 0 Å². The quantitative estimate of drug-likeness (QED) is 0.236. The highest BCUT2D eigenvalue weighted by Gasteiger charge is 2.22. The second-order valence-corrected chi connectivity index (χ2v) is 10.0. The largest absolute Gasteiger partial charge is 0.486 e. The summed E-state index contributed by atoms with van der Waals surface area (Å²) in [4.78, 5) is 18.2. The summed E-state index contributed by atoms with van der Waals surface area (Å²) in [6.07, 6.45) is 7.20. The van der Waals surface area contributed by atoms with Crippen LogP contribution in [0.4, 0.5) is 0 Å². The van der Waals surface area contributed by atoms with Crippen LogP contribution in [-0.4, -0.2) is 15.9 Å². The van der Waals surface area contributed by atoms with E-state index in [1.54, 1.807) is 18.3 Å². The van der Waals surface area contributed by atoms with Crippen molar-refractivity contribution in [2.24, 2.45) is 5.10 Å². The van der Waals surface area contributed by atoms with E-state index < -0.39 is 0 Å². The Morgan fingerprint density at radius 3 is 2.57 bits per heavy atom.